The molecule has 0 N–H and O–H groups in total. The Kier molecular flexibility index (Phi) is 10.1. The van der Waals surface area contributed by atoms with Gasteiger partial charge in [0.1, 0.15) is 0 Å². The maximum absolute atomic E-state index is 2.37. The summed E-state index contributed by atoms with van der Waals surface area (Å²) in [5, 5.41) is 2.60. The number of hydrogen-bond donors (Lipinski definition) is 0. The predicted octanol–water partition coefficient (Wildman–Crippen LogP) is 17.7. The second-order valence-electron chi connectivity index (χ2n) is 15.8. The van der Waals surface area contributed by atoms with Crippen molar-refractivity contribution in [1.29, 1.82) is 0 Å². The molecule has 0 aliphatic rings. The van der Waals surface area contributed by atoms with Gasteiger partial charge in [-0.3, -0.25) is 0 Å². The summed E-state index contributed by atoms with van der Waals surface area (Å²) in [4.78, 5) is 4.71. The van der Waals surface area contributed by atoms with E-state index in [0.717, 1.165) is 45.3 Å². The quantitative estimate of drug-likeness (QED) is 0.136. The molecule has 0 aliphatic heterocycles. The SMILES string of the molecule is c1ccc(-c2ccc(N(c3ccc(-c4ccccc4)cc3)c3ccc(-c4ccc(N(c5ccc(-c6ccccc6)cc5)c5ccc6c(c5)sc5ccccc56)cc4)cc3)cc2)cc1. The molecule has 0 saturated heterocycles. The van der Waals surface area contributed by atoms with Crippen LogP contribution in [0.15, 0.2) is 255 Å². The van der Waals surface area contributed by atoms with Crippen LogP contribution in [0.25, 0.3) is 64.7 Å². The number of thiophene rings is 1. The van der Waals surface area contributed by atoms with Crippen molar-refractivity contribution in [3.63, 3.8) is 0 Å². The Morgan fingerprint density at radius 2 is 0.476 bits per heavy atom. The fraction of sp³-hybridized carbons (Fsp3) is 0. The summed E-state index contributed by atoms with van der Waals surface area (Å²) in [6, 6.07) is 91.9. The van der Waals surface area contributed by atoms with Crippen LogP contribution in [-0.2, 0) is 0 Å². The van der Waals surface area contributed by atoms with Crippen molar-refractivity contribution in [1.82, 2.24) is 0 Å². The highest BCUT2D eigenvalue weighted by molar-refractivity contribution is 7.25. The number of rotatable bonds is 10. The van der Waals surface area contributed by atoms with Gasteiger partial charge in [0.2, 0.25) is 0 Å². The summed E-state index contributed by atoms with van der Waals surface area (Å²) in [5.41, 5.74) is 16.2. The van der Waals surface area contributed by atoms with Crippen LogP contribution in [0.1, 0.15) is 0 Å². The summed E-state index contributed by atoms with van der Waals surface area (Å²) in [6.07, 6.45) is 0. The number of fused-ring (bicyclic) bond motifs is 3. The van der Waals surface area contributed by atoms with E-state index in [1.54, 1.807) is 0 Å². The first-order valence-electron chi connectivity index (χ1n) is 21.4. The van der Waals surface area contributed by atoms with Crippen LogP contribution < -0.4 is 9.80 Å². The first kappa shape index (κ1) is 38.0. The summed E-state index contributed by atoms with van der Waals surface area (Å²) < 4.78 is 2.59. The molecule has 0 fully saturated rings. The molecule has 0 radical (unpaired) electrons. The highest BCUT2D eigenvalue weighted by atomic mass is 32.1. The molecule has 2 nitrogen and oxygen atoms in total. The largest absolute Gasteiger partial charge is 0.311 e. The Labute approximate surface area is 372 Å². The van der Waals surface area contributed by atoms with Crippen molar-refractivity contribution in [3.8, 4) is 44.5 Å². The molecule has 11 aromatic rings. The van der Waals surface area contributed by atoms with Crippen molar-refractivity contribution < 1.29 is 0 Å². The molecule has 3 heteroatoms. The third-order valence-corrected chi connectivity index (χ3v) is 13.0. The predicted molar refractivity (Wildman–Crippen MR) is 270 cm³/mol. The Bertz CT molecular complexity index is 3190. The van der Waals surface area contributed by atoms with Crippen molar-refractivity contribution in [2.75, 3.05) is 9.80 Å². The van der Waals surface area contributed by atoms with Crippen LogP contribution in [0.5, 0.6) is 0 Å². The van der Waals surface area contributed by atoms with Gasteiger partial charge in [-0.05, 0) is 123 Å². The van der Waals surface area contributed by atoms with Gasteiger partial charge in [0, 0.05) is 54.3 Å². The Hall–Kier alpha value is -7.98. The van der Waals surface area contributed by atoms with E-state index < -0.39 is 0 Å². The van der Waals surface area contributed by atoms with Crippen LogP contribution in [0.3, 0.4) is 0 Å². The maximum Gasteiger partial charge on any atom is 0.0476 e. The van der Waals surface area contributed by atoms with E-state index in [0.29, 0.717) is 0 Å². The molecule has 0 aliphatic carbocycles. The van der Waals surface area contributed by atoms with Gasteiger partial charge in [-0.1, -0.05) is 176 Å². The van der Waals surface area contributed by atoms with Crippen molar-refractivity contribution in [2.24, 2.45) is 0 Å². The van der Waals surface area contributed by atoms with Gasteiger partial charge in [-0.25, -0.2) is 0 Å². The summed E-state index contributed by atoms with van der Waals surface area (Å²) in [6.45, 7) is 0. The fourth-order valence-corrected chi connectivity index (χ4v) is 9.79. The summed E-state index contributed by atoms with van der Waals surface area (Å²) >= 11 is 1.85. The Morgan fingerprint density at radius 3 is 0.841 bits per heavy atom. The van der Waals surface area contributed by atoms with Crippen LogP contribution in [-0.4, -0.2) is 0 Å². The van der Waals surface area contributed by atoms with Crippen molar-refractivity contribution in [2.45, 2.75) is 0 Å². The zero-order valence-corrected chi connectivity index (χ0v) is 35.4. The van der Waals surface area contributed by atoms with E-state index in [9.17, 15) is 0 Å². The third kappa shape index (κ3) is 7.67. The molecule has 0 amide bonds. The van der Waals surface area contributed by atoms with Gasteiger partial charge < -0.3 is 9.80 Å². The first-order valence-corrected chi connectivity index (χ1v) is 22.2. The average molecular weight is 823 g/mol. The minimum atomic E-state index is 1.09. The van der Waals surface area contributed by atoms with Crippen molar-refractivity contribution >= 4 is 65.6 Å². The lowest BCUT2D eigenvalue weighted by atomic mass is 10.0. The van der Waals surface area contributed by atoms with Crippen LogP contribution >= 0.6 is 11.3 Å². The lowest BCUT2D eigenvalue weighted by Gasteiger charge is -2.26. The first-order chi connectivity index (χ1) is 31.2. The number of benzene rings is 10. The van der Waals surface area contributed by atoms with Crippen LogP contribution in [0.2, 0.25) is 0 Å². The number of anilines is 6. The Morgan fingerprint density at radius 1 is 0.206 bits per heavy atom. The average Bonchev–Trinajstić information content (AvgIpc) is 3.74. The molecule has 0 bridgehead atoms. The smallest absolute Gasteiger partial charge is 0.0476 e. The third-order valence-electron chi connectivity index (χ3n) is 11.9. The van der Waals surface area contributed by atoms with Crippen LogP contribution in [0, 0.1) is 0 Å². The van der Waals surface area contributed by atoms with Gasteiger partial charge in [0.05, 0.1) is 0 Å². The van der Waals surface area contributed by atoms with E-state index in [1.807, 2.05) is 11.3 Å². The topological polar surface area (TPSA) is 6.48 Å². The maximum atomic E-state index is 2.37. The molecule has 0 atom stereocenters. The summed E-state index contributed by atoms with van der Waals surface area (Å²) in [7, 11) is 0. The lowest BCUT2D eigenvalue weighted by Crippen LogP contribution is -2.10. The molecule has 0 spiro atoms. The molecular weight excluding hydrogens is 781 g/mol. The van der Waals surface area contributed by atoms with Gasteiger partial charge >= 0.3 is 0 Å². The molecule has 63 heavy (non-hydrogen) atoms. The van der Waals surface area contributed by atoms with Gasteiger partial charge in [0.25, 0.3) is 0 Å². The second kappa shape index (κ2) is 16.8. The molecule has 10 aromatic carbocycles. The zero-order chi connectivity index (χ0) is 42.0. The molecular formula is C60H42N2S. The van der Waals surface area contributed by atoms with Crippen LogP contribution in [0.4, 0.5) is 34.1 Å². The molecule has 11 rings (SSSR count). The van der Waals surface area contributed by atoms with E-state index in [1.165, 1.54) is 53.6 Å². The van der Waals surface area contributed by atoms with Crippen molar-refractivity contribution in [3.05, 3.63) is 255 Å². The zero-order valence-electron chi connectivity index (χ0n) is 34.6. The monoisotopic (exact) mass is 822 g/mol. The highest BCUT2D eigenvalue weighted by Gasteiger charge is 2.17. The molecule has 1 heterocycles. The normalized spacial score (nSPS) is 11.2. The molecule has 298 valence electrons. The van der Waals surface area contributed by atoms with Gasteiger partial charge in [-0.15, -0.1) is 11.3 Å². The molecule has 0 saturated carbocycles. The lowest BCUT2D eigenvalue weighted by molar-refractivity contribution is 1.28. The standard InChI is InChI=1S/C60H42N2S/c1-4-12-43(13-5-1)46-20-30-51(31-21-46)61(52-32-22-47(23-33-52)44-14-6-2-7-15-44)53-34-26-49(27-35-53)50-28-38-55(39-29-50)62(54-36-24-48(25-37-54)45-16-8-3-9-17-45)56-40-41-58-57-18-10-11-19-59(57)63-60(58)42-56/h1-42H. The number of nitrogens with zero attached hydrogens (tertiary/aromatic N) is 2. The van der Waals surface area contributed by atoms with Gasteiger partial charge in [0.15, 0.2) is 0 Å². The second-order valence-corrected chi connectivity index (χ2v) is 16.9. The van der Waals surface area contributed by atoms with Gasteiger partial charge in [-0.2, -0.15) is 0 Å². The van der Waals surface area contributed by atoms with E-state index >= 15 is 0 Å². The number of hydrogen-bond acceptors (Lipinski definition) is 3. The minimum absolute atomic E-state index is 1.09. The fourth-order valence-electron chi connectivity index (χ4n) is 8.65. The minimum Gasteiger partial charge on any atom is -0.311 e. The highest BCUT2D eigenvalue weighted by Crippen LogP contribution is 2.42. The molecule has 0 unspecified atom stereocenters. The molecule has 1 aromatic heterocycles. The Balaban J connectivity index is 0.925. The summed E-state index contributed by atoms with van der Waals surface area (Å²) in [5.74, 6) is 0. The van der Waals surface area contributed by atoms with E-state index in [4.69, 9.17) is 0 Å². The van der Waals surface area contributed by atoms with E-state index in [2.05, 4.69) is 265 Å². The van der Waals surface area contributed by atoms with E-state index in [-0.39, 0.29) is 0 Å².